The van der Waals surface area contributed by atoms with Crippen LogP contribution in [0.25, 0.3) is 0 Å². The molecule has 0 aliphatic carbocycles. The van der Waals surface area contributed by atoms with Crippen LogP contribution in [0.4, 0.5) is 0 Å². The van der Waals surface area contributed by atoms with Crippen LogP contribution >= 0.6 is 15.9 Å². The molecule has 1 aromatic carbocycles. The average molecular weight is 313 g/mol. The predicted molar refractivity (Wildman–Crippen MR) is 83.1 cm³/mol. The van der Waals surface area contributed by atoms with Crippen LogP contribution in [0.15, 0.2) is 12.1 Å². The molecule has 2 heteroatoms. The van der Waals surface area contributed by atoms with Crippen LogP contribution in [-0.4, -0.2) is 11.9 Å². The number of halogens is 1. The molecule has 0 saturated carbocycles. The number of rotatable bonds is 6. The van der Waals surface area contributed by atoms with Gasteiger partial charge in [0.05, 0.1) is 6.61 Å². The van der Waals surface area contributed by atoms with Gasteiger partial charge in [0.1, 0.15) is 5.75 Å². The van der Waals surface area contributed by atoms with Gasteiger partial charge in [-0.15, -0.1) is 0 Å². The Hall–Kier alpha value is -0.500. The van der Waals surface area contributed by atoms with Crippen molar-refractivity contribution in [3.63, 3.8) is 0 Å². The second-order valence-electron chi connectivity index (χ2n) is 5.17. The predicted octanol–water partition coefficient (Wildman–Crippen LogP) is 5.23. The van der Waals surface area contributed by atoms with Crippen LogP contribution in [-0.2, 0) is 0 Å². The summed E-state index contributed by atoms with van der Waals surface area (Å²) in [5.74, 6) is 2.26. The van der Waals surface area contributed by atoms with Gasteiger partial charge in [-0.2, -0.15) is 0 Å². The number of benzene rings is 1. The first kappa shape index (κ1) is 15.6. The van der Waals surface area contributed by atoms with Gasteiger partial charge in [-0.3, -0.25) is 0 Å². The highest BCUT2D eigenvalue weighted by Crippen LogP contribution is 2.33. The maximum atomic E-state index is 5.78. The summed E-state index contributed by atoms with van der Waals surface area (Å²) in [6, 6.07) is 4.36. The van der Waals surface area contributed by atoms with E-state index < -0.39 is 0 Å². The van der Waals surface area contributed by atoms with E-state index in [1.54, 1.807) is 0 Å². The van der Waals surface area contributed by atoms with Crippen LogP contribution in [0.3, 0.4) is 0 Å². The molecule has 0 aliphatic heterocycles. The van der Waals surface area contributed by atoms with Crippen LogP contribution in [0, 0.1) is 19.8 Å². The molecule has 2 atom stereocenters. The summed E-state index contributed by atoms with van der Waals surface area (Å²) in [6.07, 6.45) is 1.05. The largest absolute Gasteiger partial charge is 0.493 e. The molecule has 0 radical (unpaired) electrons. The topological polar surface area (TPSA) is 9.23 Å². The quantitative estimate of drug-likeness (QED) is 0.654. The third kappa shape index (κ3) is 3.50. The average Bonchev–Trinajstić information content (AvgIpc) is 2.38. The van der Waals surface area contributed by atoms with Crippen molar-refractivity contribution in [3.8, 4) is 5.75 Å². The summed E-state index contributed by atoms with van der Waals surface area (Å²) >= 11 is 3.58. The Morgan fingerprint density at radius 2 is 1.83 bits per heavy atom. The lowest BCUT2D eigenvalue weighted by molar-refractivity contribution is 0.315. The molecule has 2 unspecified atom stereocenters. The van der Waals surface area contributed by atoms with E-state index in [0.29, 0.717) is 11.8 Å². The zero-order valence-corrected chi connectivity index (χ0v) is 13.8. The lowest BCUT2D eigenvalue weighted by Crippen LogP contribution is -2.10. The molecular weight excluding hydrogens is 288 g/mol. The van der Waals surface area contributed by atoms with Gasteiger partial charge in [-0.05, 0) is 54.9 Å². The summed E-state index contributed by atoms with van der Waals surface area (Å²) in [4.78, 5) is 0. The monoisotopic (exact) mass is 312 g/mol. The van der Waals surface area contributed by atoms with E-state index in [9.17, 15) is 0 Å². The van der Waals surface area contributed by atoms with Crippen molar-refractivity contribution in [3.05, 3.63) is 28.8 Å². The first-order valence-corrected chi connectivity index (χ1v) is 7.93. The second kappa shape index (κ2) is 7.18. The van der Waals surface area contributed by atoms with Crippen molar-refractivity contribution in [2.75, 3.05) is 11.9 Å². The van der Waals surface area contributed by atoms with E-state index in [1.165, 1.54) is 16.7 Å². The van der Waals surface area contributed by atoms with E-state index in [-0.39, 0.29) is 0 Å². The molecule has 0 heterocycles. The van der Waals surface area contributed by atoms with Gasteiger partial charge < -0.3 is 4.74 Å². The second-order valence-corrected chi connectivity index (χ2v) is 5.82. The maximum Gasteiger partial charge on any atom is 0.122 e. The highest BCUT2D eigenvalue weighted by molar-refractivity contribution is 9.09. The zero-order valence-electron chi connectivity index (χ0n) is 12.2. The Morgan fingerprint density at radius 1 is 1.17 bits per heavy atom. The number of hydrogen-bond acceptors (Lipinski definition) is 1. The van der Waals surface area contributed by atoms with Gasteiger partial charge in [0.2, 0.25) is 0 Å². The molecule has 0 saturated heterocycles. The SMILES string of the molecule is CCCOc1ccc(C(C)C(C)CBr)c(C)c1C. The Bertz CT molecular complexity index is 387. The van der Waals surface area contributed by atoms with Gasteiger partial charge in [-0.1, -0.05) is 42.8 Å². The summed E-state index contributed by atoms with van der Waals surface area (Å²) in [5.41, 5.74) is 4.11. The number of hydrogen-bond donors (Lipinski definition) is 0. The third-order valence-corrected chi connectivity index (χ3v) is 4.85. The van der Waals surface area contributed by atoms with Crippen LogP contribution in [0.1, 0.15) is 49.8 Å². The normalized spacial score (nSPS) is 14.3. The first-order chi connectivity index (χ1) is 8.52. The van der Waals surface area contributed by atoms with Gasteiger partial charge in [0.15, 0.2) is 0 Å². The van der Waals surface area contributed by atoms with Crippen LogP contribution < -0.4 is 4.74 Å². The van der Waals surface area contributed by atoms with E-state index in [4.69, 9.17) is 4.74 Å². The fourth-order valence-corrected chi connectivity index (χ4v) is 2.68. The zero-order chi connectivity index (χ0) is 13.7. The summed E-state index contributed by atoms with van der Waals surface area (Å²) in [6.45, 7) is 11.9. The minimum atomic E-state index is 0.573. The minimum absolute atomic E-state index is 0.573. The maximum absolute atomic E-state index is 5.78. The number of alkyl halides is 1. The molecular formula is C16H25BrO. The molecule has 0 aromatic heterocycles. The molecule has 1 aromatic rings. The van der Waals surface area contributed by atoms with Crippen LogP contribution in [0.5, 0.6) is 5.75 Å². The molecule has 0 fully saturated rings. The van der Waals surface area contributed by atoms with Gasteiger partial charge in [-0.25, -0.2) is 0 Å². The Kier molecular flexibility index (Phi) is 6.20. The Labute approximate surface area is 120 Å². The summed E-state index contributed by atoms with van der Waals surface area (Å²) in [5, 5.41) is 1.04. The molecule has 0 spiro atoms. The minimum Gasteiger partial charge on any atom is -0.493 e. The number of ether oxygens (including phenoxy) is 1. The van der Waals surface area contributed by atoms with Crippen molar-refractivity contribution in [2.45, 2.75) is 47.0 Å². The van der Waals surface area contributed by atoms with Crippen molar-refractivity contribution >= 4 is 15.9 Å². The van der Waals surface area contributed by atoms with Crippen molar-refractivity contribution in [1.29, 1.82) is 0 Å². The molecule has 0 bridgehead atoms. The fourth-order valence-electron chi connectivity index (χ4n) is 2.12. The van der Waals surface area contributed by atoms with Crippen molar-refractivity contribution in [1.82, 2.24) is 0 Å². The highest BCUT2D eigenvalue weighted by atomic mass is 79.9. The lowest BCUT2D eigenvalue weighted by Gasteiger charge is -2.22. The smallest absolute Gasteiger partial charge is 0.122 e. The van der Waals surface area contributed by atoms with Gasteiger partial charge in [0, 0.05) is 5.33 Å². The fraction of sp³-hybridized carbons (Fsp3) is 0.625. The van der Waals surface area contributed by atoms with E-state index in [2.05, 4.69) is 62.7 Å². The molecule has 0 N–H and O–H groups in total. The van der Waals surface area contributed by atoms with E-state index >= 15 is 0 Å². The Balaban J connectivity index is 3.00. The molecule has 1 nitrogen and oxygen atoms in total. The van der Waals surface area contributed by atoms with Gasteiger partial charge in [0.25, 0.3) is 0 Å². The summed E-state index contributed by atoms with van der Waals surface area (Å²) in [7, 11) is 0. The third-order valence-electron chi connectivity index (χ3n) is 3.83. The highest BCUT2D eigenvalue weighted by Gasteiger charge is 2.17. The first-order valence-electron chi connectivity index (χ1n) is 6.81. The van der Waals surface area contributed by atoms with Crippen LogP contribution in [0.2, 0.25) is 0 Å². The van der Waals surface area contributed by atoms with Gasteiger partial charge >= 0.3 is 0 Å². The van der Waals surface area contributed by atoms with Crippen molar-refractivity contribution in [2.24, 2.45) is 5.92 Å². The molecule has 0 aliphatic rings. The lowest BCUT2D eigenvalue weighted by atomic mass is 9.86. The summed E-state index contributed by atoms with van der Waals surface area (Å²) < 4.78 is 5.78. The van der Waals surface area contributed by atoms with Crippen molar-refractivity contribution < 1.29 is 4.74 Å². The van der Waals surface area contributed by atoms with E-state index in [0.717, 1.165) is 24.1 Å². The molecule has 0 amide bonds. The van der Waals surface area contributed by atoms with E-state index in [1.807, 2.05) is 0 Å². The molecule has 18 heavy (non-hydrogen) atoms. The Morgan fingerprint density at radius 3 is 2.39 bits per heavy atom. The molecule has 102 valence electrons. The molecule has 1 rings (SSSR count). The standard InChI is InChI=1S/C16H25BrO/c1-6-9-18-16-8-7-15(13(4)14(16)5)12(3)11(2)10-17/h7-8,11-12H,6,9-10H2,1-5H3.